The summed E-state index contributed by atoms with van der Waals surface area (Å²) in [6.07, 6.45) is 0. The van der Waals surface area contributed by atoms with Gasteiger partial charge in [0.25, 0.3) is 0 Å². The maximum atomic E-state index is 10.8. The largest absolute Gasteiger partial charge is 0.444 e. The van der Waals surface area contributed by atoms with Crippen LogP contribution in [-0.4, -0.2) is 0 Å². The molecule has 0 aliphatic heterocycles. The second kappa shape index (κ2) is 2.75. The Kier molecular flexibility index (Phi) is 1.96. The molecule has 0 amide bonds. The fraction of sp³-hybridized carbons (Fsp3) is 0.286. The number of anilines is 1. The summed E-state index contributed by atoms with van der Waals surface area (Å²) in [5, 5.41) is 0. The standard InChI is InChI=1S/C7H10N2O2/c1-4(8)6-2-5(10)3-7(9)11-6/h2-4H,8-9H2,1H3. The lowest BCUT2D eigenvalue weighted by atomic mass is 10.2. The molecule has 0 saturated heterocycles. The average Bonchev–Trinajstić information content (AvgIpc) is 1.85. The van der Waals surface area contributed by atoms with Crippen molar-refractivity contribution in [3.63, 3.8) is 0 Å². The van der Waals surface area contributed by atoms with Gasteiger partial charge in [-0.2, -0.15) is 0 Å². The number of hydrogen-bond acceptors (Lipinski definition) is 4. The first-order valence-electron chi connectivity index (χ1n) is 3.26. The normalized spacial score (nSPS) is 12.9. The van der Waals surface area contributed by atoms with Crippen LogP contribution < -0.4 is 16.9 Å². The molecule has 1 heterocycles. The first kappa shape index (κ1) is 7.81. The number of hydrogen-bond donors (Lipinski definition) is 2. The van der Waals surface area contributed by atoms with Crippen LogP contribution in [-0.2, 0) is 0 Å². The number of nitrogen functional groups attached to an aromatic ring is 1. The average molecular weight is 154 g/mol. The van der Waals surface area contributed by atoms with E-state index < -0.39 is 0 Å². The van der Waals surface area contributed by atoms with Crippen LogP contribution in [0.4, 0.5) is 5.88 Å². The Balaban J connectivity index is 3.19. The molecule has 4 heteroatoms. The minimum atomic E-state index is -0.300. The Labute approximate surface area is 63.8 Å². The van der Waals surface area contributed by atoms with Crippen molar-refractivity contribution in [2.24, 2.45) is 5.73 Å². The minimum Gasteiger partial charge on any atom is -0.444 e. The maximum Gasteiger partial charge on any atom is 0.194 e. The van der Waals surface area contributed by atoms with E-state index in [2.05, 4.69) is 0 Å². The SMILES string of the molecule is CC(N)c1cc(=O)cc(N)o1. The molecule has 1 atom stereocenters. The van der Waals surface area contributed by atoms with Gasteiger partial charge in [0, 0.05) is 12.1 Å². The second-order valence-corrected chi connectivity index (χ2v) is 2.39. The van der Waals surface area contributed by atoms with Gasteiger partial charge in [0.15, 0.2) is 11.3 Å². The predicted octanol–water partition coefficient (Wildman–Crippen LogP) is 0.242. The minimum absolute atomic E-state index is 0.102. The van der Waals surface area contributed by atoms with Gasteiger partial charge in [-0.15, -0.1) is 0 Å². The van der Waals surface area contributed by atoms with Gasteiger partial charge in [0.2, 0.25) is 0 Å². The van der Waals surface area contributed by atoms with E-state index in [0.29, 0.717) is 5.76 Å². The molecule has 1 unspecified atom stereocenters. The molecule has 0 bridgehead atoms. The zero-order valence-corrected chi connectivity index (χ0v) is 6.20. The first-order valence-corrected chi connectivity index (χ1v) is 3.26. The Bertz CT molecular complexity index is 304. The summed E-state index contributed by atoms with van der Waals surface area (Å²) in [6, 6.07) is 2.25. The van der Waals surface area contributed by atoms with Crippen LogP contribution in [0.3, 0.4) is 0 Å². The highest BCUT2D eigenvalue weighted by Gasteiger charge is 2.03. The van der Waals surface area contributed by atoms with Gasteiger partial charge < -0.3 is 15.9 Å². The Morgan fingerprint density at radius 1 is 1.55 bits per heavy atom. The van der Waals surface area contributed by atoms with E-state index in [-0.39, 0.29) is 17.4 Å². The van der Waals surface area contributed by atoms with E-state index in [0.717, 1.165) is 0 Å². The van der Waals surface area contributed by atoms with Gasteiger partial charge >= 0.3 is 0 Å². The van der Waals surface area contributed by atoms with Crippen molar-refractivity contribution in [1.82, 2.24) is 0 Å². The van der Waals surface area contributed by atoms with E-state index in [9.17, 15) is 4.79 Å². The molecule has 1 rings (SSSR count). The summed E-state index contributed by atoms with van der Waals surface area (Å²) in [6.45, 7) is 1.72. The fourth-order valence-corrected chi connectivity index (χ4v) is 0.741. The molecule has 0 fully saturated rings. The van der Waals surface area contributed by atoms with Crippen LogP contribution in [0, 0.1) is 0 Å². The molecule has 0 aromatic carbocycles. The van der Waals surface area contributed by atoms with E-state index in [4.69, 9.17) is 15.9 Å². The fourth-order valence-electron chi connectivity index (χ4n) is 0.741. The lowest BCUT2D eigenvalue weighted by molar-refractivity contribution is 0.478. The summed E-state index contributed by atoms with van der Waals surface area (Å²) in [5.74, 6) is 0.514. The summed E-state index contributed by atoms with van der Waals surface area (Å²) >= 11 is 0. The highest BCUT2D eigenvalue weighted by atomic mass is 16.3. The molecule has 0 radical (unpaired) electrons. The predicted molar refractivity (Wildman–Crippen MR) is 42.0 cm³/mol. The van der Waals surface area contributed by atoms with Crippen molar-refractivity contribution in [3.05, 3.63) is 28.1 Å². The molecule has 4 nitrogen and oxygen atoms in total. The lowest BCUT2D eigenvalue weighted by Gasteiger charge is -2.02. The van der Waals surface area contributed by atoms with Gasteiger partial charge in [0.05, 0.1) is 6.04 Å². The monoisotopic (exact) mass is 154 g/mol. The van der Waals surface area contributed by atoms with Crippen LogP contribution in [0.5, 0.6) is 0 Å². The van der Waals surface area contributed by atoms with Gasteiger partial charge in [0.1, 0.15) is 5.76 Å². The molecule has 1 aromatic rings. The zero-order valence-electron chi connectivity index (χ0n) is 6.20. The van der Waals surface area contributed by atoms with Crippen molar-refractivity contribution in [2.45, 2.75) is 13.0 Å². The molecule has 0 aliphatic rings. The van der Waals surface area contributed by atoms with Gasteiger partial charge in [-0.25, -0.2) is 0 Å². The van der Waals surface area contributed by atoms with Gasteiger partial charge in [-0.05, 0) is 6.92 Å². The van der Waals surface area contributed by atoms with Crippen molar-refractivity contribution >= 4 is 5.88 Å². The molecule has 4 N–H and O–H groups in total. The number of nitrogens with two attached hydrogens (primary N) is 2. The highest BCUT2D eigenvalue weighted by Crippen LogP contribution is 2.09. The van der Waals surface area contributed by atoms with E-state index >= 15 is 0 Å². The maximum absolute atomic E-state index is 10.8. The van der Waals surface area contributed by atoms with E-state index in [1.54, 1.807) is 6.92 Å². The van der Waals surface area contributed by atoms with Crippen LogP contribution in [0.1, 0.15) is 18.7 Å². The lowest BCUT2D eigenvalue weighted by Crippen LogP contribution is -2.10. The van der Waals surface area contributed by atoms with Crippen molar-refractivity contribution in [1.29, 1.82) is 0 Å². The summed E-state index contributed by atoms with van der Waals surface area (Å²) in [7, 11) is 0. The third-order valence-electron chi connectivity index (χ3n) is 1.25. The topological polar surface area (TPSA) is 82.2 Å². The summed E-state index contributed by atoms with van der Waals surface area (Å²) in [5.41, 5.74) is 10.6. The van der Waals surface area contributed by atoms with Crippen LogP contribution in [0.25, 0.3) is 0 Å². The molecule has 0 saturated carbocycles. The van der Waals surface area contributed by atoms with Crippen molar-refractivity contribution in [2.75, 3.05) is 5.73 Å². The third-order valence-corrected chi connectivity index (χ3v) is 1.25. The van der Waals surface area contributed by atoms with Crippen molar-refractivity contribution < 1.29 is 4.42 Å². The summed E-state index contributed by atoms with van der Waals surface area (Å²) in [4.78, 5) is 10.8. The summed E-state index contributed by atoms with van der Waals surface area (Å²) < 4.78 is 4.97. The molecule has 1 aromatic heterocycles. The second-order valence-electron chi connectivity index (χ2n) is 2.39. The first-order chi connectivity index (χ1) is 5.09. The highest BCUT2D eigenvalue weighted by molar-refractivity contribution is 5.24. The van der Waals surface area contributed by atoms with Crippen LogP contribution >= 0.6 is 0 Å². The van der Waals surface area contributed by atoms with Crippen LogP contribution in [0.15, 0.2) is 21.3 Å². The van der Waals surface area contributed by atoms with E-state index in [1.807, 2.05) is 0 Å². The van der Waals surface area contributed by atoms with Crippen LogP contribution in [0.2, 0.25) is 0 Å². The molecule has 0 spiro atoms. The molecule has 0 aliphatic carbocycles. The van der Waals surface area contributed by atoms with Crippen molar-refractivity contribution in [3.8, 4) is 0 Å². The smallest absolute Gasteiger partial charge is 0.194 e. The van der Waals surface area contributed by atoms with E-state index in [1.165, 1.54) is 12.1 Å². The zero-order chi connectivity index (χ0) is 8.43. The molecular formula is C7H10N2O2. The quantitative estimate of drug-likeness (QED) is 0.607. The molecular weight excluding hydrogens is 144 g/mol. The van der Waals surface area contributed by atoms with Gasteiger partial charge in [-0.1, -0.05) is 0 Å². The third kappa shape index (κ3) is 1.81. The Hall–Kier alpha value is -1.29. The Morgan fingerprint density at radius 2 is 2.18 bits per heavy atom. The number of rotatable bonds is 1. The van der Waals surface area contributed by atoms with Gasteiger partial charge in [-0.3, -0.25) is 4.79 Å². The molecule has 11 heavy (non-hydrogen) atoms. The Morgan fingerprint density at radius 3 is 2.64 bits per heavy atom. The molecule has 60 valence electrons.